The minimum Gasteiger partial charge on any atom is -0.473 e. The molecule has 0 aliphatic rings. The van der Waals surface area contributed by atoms with Crippen molar-refractivity contribution in [2.45, 2.75) is 20.5 Å². The maximum atomic E-state index is 12.3. The van der Waals surface area contributed by atoms with Gasteiger partial charge in [0.25, 0.3) is 0 Å². The molecule has 0 radical (unpaired) electrons. The first kappa shape index (κ1) is 18.5. The molecule has 0 N–H and O–H groups in total. The lowest BCUT2D eigenvalue weighted by Gasteiger charge is -2.12. The number of aromatic nitrogens is 6. The fourth-order valence-electron chi connectivity index (χ4n) is 2.95. The van der Waals surface area contributed by atoms with Gasteiger partial charge in [-0.1, -0.05) is 42.0 Å². The summed E-state index contributed by atoms with van der Waals surface area (Å²) in [4.78, 5) is 21.1. The molecule has 0 saturated heterocycles. The normalized spacial score (nSPS) is 10.9. The first-order valence-electron chi connectivity index (χ1n) is 9.13. The van der Waals surface area contributed by atoms with E-state index < -0.39 is 0 Å². The molecule has 8 heteroatoms. The number of tetrazole rings is 1. The van der Waals surface area contributed by atoms with Gasteiger partial charge in [-0.2, -0.15) is 14.3 Å². The second-order valence-corrected chi connectivity index (χ2v) is 6.74. The van der Waals surface area contributed by atoms with Crippen molar-refractivity contribution in [2.24, 2.45) is 7.05 Å². The number of aryl methyl sites for hydroxylation is 3. The lowest BCUT2D eigenvalue weighted by atomic mass is 10.1. The zero-order chi connectivity index (χ0) is 20.4. The van der Waals surface area contributed by atoms with Crippen molar-refractivity contribution < 1.29 is 4.74 Å². The standard InChI is InChI=1S/C21H20N6O2/c1-14-7-9-16(10-8-14)20-22-12-11-19(23-20)29-13-17-15(2)5-4-6-18(17)27-21(28)26(3)24-25-27/h4-12H,13H2,1-3H3. The highest BCUT2D eigenvalue weighted by molar-refractivity contribution is 5.55. The van der Waals surface area contributed by atoms with Crippen LogP contribution in [-0.4, -0.2) is 29.8 Å². The van der Waals surface area contributed by atoms with E-state index in [0.717, 1.165) is 16.7 Å². The Labute approximate surface area is 167 Å². The van der Waals surface area contributed by atoms with Crippen molar-refractivity contribution in [3.8, 4) is 23.0 Å². The molecule has 0 aliphatic heterocycles. The van der Waals surface area contributed by atoms with E-state index in [1.54, 1.807) is 19.3 Å². The quantitative estimate of drug-likeness (QED) is 0.522. The van der Waals surface area contributed by atoms with Crippen LogP contribution >= 0.6 is 0 Å². The molecule has 29 heavy (non-hydrogen) atoms. The summed E-state index contributed by atoms with van der Waals surface area (Å²) in [6.07, 6.45) is 1.67. The first-order chi connectivity index (χ1) is 14.0. The Morgan fingerprint density at radius 1 is 1.00 bits per heavy atom. The van der Waals surface area contributed by atoms with Crippen molar-refractivity contribution in [1.29, 1.82) is 0 Å². The molecule has 8 nitrogen and oxygen atoms in total. The number of rotatable bonds is 5. The van der Waals surface area contributed by atoms with Gasteiger partial charge in [-0.25, -0.2) is 9.78 Å². The summed E-state index contributed by atoms with van der Waals surface area (Å²) < 4.78 is 8.40. The zero-order valence-corrected chi connectivity index (χ0v) is 16.4. The molecule has 0 spiro atoms. The smallest absolute Gasteiger partial charge is 0.368 e. The molecule has 2 heterocycles. The lowest BCUT2D eigenvalue weighted by molar-refractivity contribution is 0.292. The minimum atomic E-state index is -0.319. The number of hydrogen-bond donors (Lipinski definition) is 0. The third-order valence-corrected chi connectivity index (χ3v) is 4.64. The van der Waals surface area contributed by atoms with Crippen LogP contribution in [-0.2, 0) is 13.7 Å². The molecule has 0 amide bonds. The monoisotopic (exact) mass is 388 g/mol. The Morgan fingerprint density at radius 2 is 1.79 bits per heavy atom. The molecule has 2 aromatic heterocycles. The Bertz CT molecular complexity index is 1210. The van der Waals surface area contributed by atoms with Crippen LogP contribution in [0.25, 0.3) is 17.1 Å². The summed E-state index contributed by atoms with van der Waals surface area (Å²) in [5.41, 5.74) is 4.23. The van der Waals surface area contributed by atoms with Gasteiger partial charge in [-0.15, -0.1) is 0 Å². The highest BCUT2D eigenvalue weighted by Gasteiger charge is 2.14. The number of hydrogen-bond acceptors (Lipinski definition) is 6. The molecule has 4 rings (SSSR count). The largest absolute Gasteiger partial charge is 0.473 e. The van der Waals surface area contributed by atoms with Crippen LogP contribution in [0.1, 0.15) is 16.7 Å². The van der Waals surface area contributed by atoms with Crippen LogP contribution in [0.15, 0.2) is 59.5 Å². The van der Waals surface area contributed by atoms with E-state index >= 15 is 0 Å². The molecular formula is C21H20N6O2. The van der Waals surface area contributed by atoms with Gasteiger partial charge in [0, 0.05) is 30.4 Å². The molecule has 0 fully saturated rings. The molecule has 146 valence electrons. The number of nitrogens with zero attached hydrogens (tertiary/aromatic N) is 6. The molecule has 0 unspecified atom stereocenters. The van der Waals surface area contributed by atoms with Gasteiger partial charge in [0.15, 0.2) is 5.82 Å². The third-order valence-electron chi connectivity index (χ3n) is 4.64. The summed E-state index contributed by atoms with van der Waals surface area (Å²) in [5.74, 6) is 1.05. The van der Waals surface area contributed by atoms with Crippen LogP contribution in [0.4, 0.5) is 0 Å². The van der Waals surface area contributed by atoms with Crippen LogP contribution in [0, 0.1) is 13.8 Å². The number of ether oxygens (including phenoxy) is 1. The Morgan fingerprint density at radius 3 is 2.52 bits per heavy atom. The van der Waals surface area contributed by atoms with Crippen molar-refractivity contribution in [3.05, 3.63) is 81.9 Å². The SMILES string of the molecule is Cc1ccc(-c2nccc(OCc3c(C)cccc3-n3nnn(C)c3=O)n2)cc1. The van der Waals surface area contributed by atoms with E-state index in [9.17, 15) is 4.79 Å². The summed E-state index contributed by atoms with van der Waals surface area (Å²) >= 11 is 0. The van der Waals surface area contributed by atoms with Crippen molar-refractivity contribution in [2.75, 3.05) is 0 Å². The Hall–Kier alpha value is -3.81. The molecule has 4 aromatic rings. The van der Waals surface area contributed by atoms with E-state index in [-0.39, 0.29) is 12.3 Å². The van der Waals surface area contributed by atoms with Gasteiger partial charge in [-0.3, -0.25) is 0 Å². The highest BCUT2D eigenvalue weighted by atomic mass is 16.5. The van der Waals surface area contributed by atoms with Crippen LogP contribution in [0.5, 0.6) is 5.88 Å². The van der Waals surface area contributed by atoms with E-state index in [1.165, 1.54) is 14.9 Å². The van der Waals surface area contributed by atoms with Gasteiger partial charge in [0.2, 0.25) is 5.88 Å². The van der Waals surface area contributed by atoms with Crippen LogP contribution in [0.2, 0.25) is 0 Å². The molecule has 0 aliphatic carbocycles. The van der Waals surface area contributed by atoms with E-state index in [4.69, 9.17) is 4.74 Å². The Kier molecular flexibility index (Phi) is 4.90. The maximum Gasteiger partial charge on any atom is 0.368 e. The summed E-state index contributed by atoms with van der Waals surface area (Å²) in [6, 6.07) is 15.4. The van der Waals surface area contributed by atoms with Crippen molar-refractivity contribution in [3.63, 3.8) is 0 Å². The topological polar surface area (TPSA) is 87.7 Å². The fraction of sp³-hybridized carbons (Fsp3) is 0.190. The highest BCUT2D eigenvalue weighted by Crippen LogP contribution is 2.21. The van der Waals surface area contributed by atoms with E-state index in [2.05, 4.69) is 20.4 Å². The molecular weight excluding hydrogens is 368 g/mol. The predicted octanol–water partition coefficient (Wildman–Crippen LogP) is 2.62. The Balaban J connectivity index is 1.62. The summed E-state index contributed by atoms with van der Waals surface area (Å²) in [6.45, 7) is 4.23. The molecule has 0 bridgehead atoms. The van der Waals surface area contributed by atoms with Crippen molar-refractivity contribution >= 4 is 0 Å². The molecule has 0 saturated carbocycles. The van der Waals surface area contributed by atoms with E-state index in [1.807, 2.05) is 56.3 Å². The van der Waals surface area contributed by atoms with Crippen LogP contribution < -0.4 is 10.4 Å². The second-order valence-electron chi connectivity index (χ2n) is 6.74. The maximum absolute atomic E-state index is 12.3. The molecule has 2 aromatic carbocycles. The van der Waals surface area contributed by atoms with Crippen LogP contribution in [0.3, 0.4) is 0 Å². The van der Waals surface area contributed by atoms with Gasteiger partial charge in [-0.05, 0) is 35.9 Å². The second kappa shape index (κ2) is 7.67. The first-order valence-corrected chi connectivity index (χ1v) is 9.13. The average Bonchev–Trinajstić information content (AvgIpc) is 3.06. The number of benzene rings is 2. The van der Waals surface area contributed by atoms with Gasteiger partial charge < -0.3 is 4.74 Å². The lowest BCUT2D eigenvalue weighted by Crippen LogP contribution is -2.23. The van der Waals surface area contributed by atoms with Gasteiger partial charge in [0.1, 0.15) is 6.61 Å². The van der Waals surface area contributed by atoms with Gasteiger partial charge in [0.05, 0.1) is 5.69 Å². The minimum absolute atomic E-state index is 0.232. The summed E-state index contributed by atoms with van der Waals surface area (Å²) in [7, 11) is 1.56. The van der Waals surface area contributed by atoms with Crippen molar-refractivity contribution in [1.82, 2.24) is 29.8 Å². The average molecular weight is 388 g/mol. The van der Waals surface area contributed by atoms with E-state index in [0.29, 0.717) is 17.4 Å². The summed E-state index contributed by atoms with van der Waals surface area (Å²) in [5, 5.41) is 7.73. The fourth-order valence-corrected chi connectivity index (χ4v) is 2.95. The zero-order valence-electron chi connectivity index (χ0n) is 16.4. The van der Waals surface area contributed by atoms with Gasteiger partial charge >= 0.3 is 5.69 Å². The predicted molar refractivity (Wildman–Crippen MR) is 108 cm³/mol. The molecule has 0 atom stereocenters. The third kappa shape index (κ3) is 3.77.